The van der Waals surface area contributed by atoms with Crippen LogP contribution in [-0.2, 0) is 10.9 Å². The summed E-state index contributed by atoms with van der Waals surface area (Å²) in [5, 5.41) is 12.2. The van der Waals surface area contributed by atoms with Gasteiger partial charge in [0.1, 0.15) is 12.1 Å². The van der Waals surface area contributed by atoms with Gasteiger partial charge in [-0.05, 0) is 43.9 Å². The lowest BCUT2D eigenvalue weighted by Crippen LogP contribution is -2.29. The molecule has 0 spiro atoms. The predicted octanol–water partition coefficient (Wildman–Crippen LogP) is 4.22. The van der Waals surface area contributed by atoms with Gasteiger partial charge in [-0.3, -0.25) is 0 Å². The largest absolute Gasteiger partial charge is 0.476 e. The Bertz CT molecular complexity index is 841. The molecule has 0 radical (unpaired) electrons. The summed E-state index contributed by atoms with van der Waals surface area (Å²) in [4.78, 5) is 19.0. The third kappa shape index (κ3) is 4.59. The lowest BCUT2D eigenvalue weighted by molar-refractivity contribution is -0.137. The van der Waals surface area contributed by atoms with Crippen LogP contribution in [0.2, 0.25) is 0 Å². The van der Waals surface area contributed by atoms with E-state index < -0.39 is 17.7 Å². The van der Waals surface area contributed by atoms with Gasteiger partial charge in [0.25, 0.3) is 0 Å². The Morgan fingerprint density at radius 3 is 2.61 bits per heavy atom. The van der Waals surface area contributed by atoms with E-state index in [9.17, 15) is 18.0 Å². The number of carboxylic acids is 1. The number of hydrogen-bond acceptors (Lipinski definition) is 5. The third-order valence-corrected chi connectivity index (χ3v) is 4.74. The summed E-state index contributed by atoms with van der Waals surface area (Å²) in [7, 11) is 0. The maximum atomic E-state index is 12.7. The smallest absolute Gasteiger partial charge is 0.416 e. The van der Waals surface area contributed by atoms with Gasteiger partial charge in [-0.25, -0.2) is 14.8 Å². The predicted molar refractivity (Wildman–Crippen MR) is 95.1 cm³/mol. The number of benzene rings is 1. The van der Waals surface area contributed by atoms with Crippen LogP contribution < -0.4 is 5.32 Å². The molecule has 2 N–H and O–H groups in total. The number of nitrogens with one attached hydrogen (secondary N) is 1. The molecular weight excluding hydrogens is 375 g/mol. The molecule has 2 aromatic rings. The lowest BCUT2D eigenvalue weighted by atomic mass is 9.97. The molecule has 0 saturated carbocycles. The fourth-order valence-electron chi connectivity index (χ4n) is 3.24. The molecular formula is C19H20F3N3O3. The van der Waals surface area contributed by atoms with E-state index in [-0.39, 0.29) is 17.9 Å². The summed E-state index contributed by atoms with van der Waals surface area (Å²) in [6, 6.07) is 5.05. The first-order chi connectivity index (χ1) is 13.3. The molecule has 150 valence electrons. The van der Waals surface area contributed by atoms with Crippen molar-refractivity contribution in [2.45, 2.75) is 44.6 Å². The highest BCUT2D eigenvalue weighted by molar-refractivity contribution is 5.88. The van der Waals surface area contributed by atoms with Crippen LogP contribution in [-0.4, -0.2) is 33.7 Å². The number of nitrogens with zero attached hydrogens (tertiary/aromatic N) is 2. The molecule has 0 unspecified atom stereocenters. The van der Waals surface area contributed by atoms with Crippen LogP contribution in [0.1, 0.15) is 52.5 Å². The van der Waals surface area contributed by atoms with Gasteiger partial charge in [-0.15, -0.1) is 0 Å². The number of aromatic nitrogens is 2. The van der Waals surface area contributed by atoms with Gasteiger partial charge in [0, 0.05) is 12.1 Å². The molecule has 28 heavy (non-hydrogen) atoms. The number of hydrogen-bond donors (Lipinski definition) is 2. The van der Waals surface area contributed by atoms with Crippen molar-refractivity contribution in [3.8, 4) is 0 Å². The summed E-state index contributed by atoms with van der Waals surface area (Å²) < 4.78 is 44.2. The maximum absolute atomic E-state index is 12.7. The zero-order chi connectivity index (χ0) is 20.3. The van der Waals surface area contributed by atoms with E-state index in [1.165, 1.54) is 18.5 Å². The molecule has 0 amide bonds. The van der Waals surface area contributed by atoms with Crippen molar-refractivity contribution < 1.29 is 27.8 Å². The SMILES string of the molecule is Cc1c(NC[C@H]2CCC[C@@H](c3ccc(C(F)(F)F)cc3)O2)ncnc1C(=O)O. The van der Waals surface area contributed by atoms with E-state index in [0.717, 1.165) is 31.4 Å². The summed E-state index contributed by atoms with van der Waals surface area (Å²) in [6.07, 6.45) is -1.21. The van der Waals surface area contributed by atoms with Crippen LogP contribution in [0.5, 0.6) is 0 Å². The number of ether oxygens (including phenoxy) is 1. The summed E-state index contributed by atoms with van der Waals surface area (Å²) in [6.45, 7) is 2.03. The van der Waals surface area contributed by atoms with Crippen LogP contribution in [0.25, 0.3) is 0 Å². The van der Waals surface area contributed by atoms with Crippen molar-refractivity contribution >= 4 is 11.8 Å². The van der Waals surface area contributed by atoms with Crippen molar-refractivity contribution in [3.63, 3.8) is 0 Å². The first-order valence-corrected chi connectivity index (χ1v) is 8.87. The fraction of sp³-hybridized carbons (Fsp3) is 0.421. The molecule has 0 aliphatic carbocycles. The van der Waals surface area contributed by atoms with Crippen LogP contribution >= 0.6 is 0 Å². The van der Waals surface area contributed by atoms with E-state index in [1.807, 2.05) is 0 Å². The summed E-state index contributed by atoms with van der Waals surface area (Å²) in [5.74, 6) is -0.702. The second-order valence-electron chi connectivity index (χ2n) is 6.68. The quantitative estimate of drug-likeness (QED) is 0.789. The van der Waals surface area contributed by atoms with E-state index in [2.05, 4.69) is 15.3 Å². The van der Waals surface area contributed by atoms with Gasteiger partial charge in [0.2, 0.25) is 0 Å². The Balaban J connectivity index is 1.63. The first kappa shape index (κ1) is 20.1. The highest BCUT2D eigenvalue weighted by Crippen LogP contribution is 2.34. The van der Waals surface area contributed by atoms with Crippen LogP contribution in [0.4, 0.5) is 19.0 Å². The number of aromatic carboxylic acids is 1. The third-order valence-electron chi connectivity index (χ3n) is 4.74. The number of alkyl halides is 3. The fourth-order valence-corrected chi connectivity index (χ4v) is 3.24. The highest BCUT2D eigenvalue weighted by Gasteiger charge is 2.31. The number of rotatable bonds is 5. The molecule has 2 heterocycles. The zero-order valence-corrected chi connectivity index (χ0v) is 15.2. The van der Waals surface area contributed by atoms with Crippen LogP contribution in [0.3, 0.4) is 0 Å². The molecule has 1 saturated heterocycles. The Morgan fingerprint density at radius 2 is 1.96 bits per heavy atom. The Hall–Kier alpha value is -2.68. The average Bonchev–Trinajstić information content (AvgIpc) is 2.66. The van der Waals surface area contributed by atoms with Crippen molar-refractivity contribution in [2.75, 3.05) is 11.9 Å². The van der Waals surface area contributed by atoms with E-state index in [1.54, 1.807) is 6.92 Å². The van der Waals surface area contributed by atoms with Crippen LogP contribution in [0, 0.1) is 6.92 Å². The van der Waals surface area contributed by atoms with Crippen molar-refractivity contribution in [3.05, 3.63) is 53.0 Å². The topological polar surface area (TPSA) is 84.3 Å². The summed E-state index contributed by atoms with van der Waals surface area (Å²) >= 11 is 0. The maximum Gasteiger partial charge on any atom is 0.416 e. The molecule has 1 fully saturated rings. The first-order valence-electron chi connectivity index (χ1n) is 8.87. The van der Waals surface area contributed by atoms with E-state index >= 15 is 0 Å². The van der Waals surface area contributed by atoms with Crippen LogP contribution in [0.15, 0.2) is 30.6 Å². The zero-order valence-electron chi connectivity index (χ0n) is 15.2. The summed E-state index contributed by atoms with van der Waals surface area (Å²) in [5.41, 5.74) is 0.401. The standard InChI is InChI=1S/C19H20F3N3O3/c1-11-16(18(26)27)24-10-25-17(11)23-9-14-3-2-4-15(28-14)12-5-7-13(8-6-12)19(20,21)22/h5-8,10,14-15H,2-4,9H2,1H3,(H,26,27)(H,23,24,25)/t14-,15+/m1/s1. The molecule has 0 bridgehead atoms. The monoisotopic (exact) mass is 395 g/mol. The van der Waals surface area contributed by atoms with E-state index in [4.69, 9.17) is 9.84 Å². The van der Waals surface area contributed by atoms with Gasteiger partial charge in [0.15, 0.2) is 5.69 Å². The molecule has 2 atom stereocenters. The van der Waals surface area contributed by atoms with Gasteiger partial charge in [-0.1, -0.05) is 12.1 Å². The minimum absolute atomic E-state index is 0.0651. The molecule has 1 aromatic heterocycles. The van der Waals surface area contributed by atoms with Gasteiger partial charge < -0.3 is 15.2 Å². The second-order valence-corrected chi connectivity index (χ2v) is 6.68. The van der Waals surface area contributed by atoms with Crippen molar-refractivity contribution in [1.29, 1.82) is 0 Å². The second kappa shape index (κ2) is 8.14. The minimum atomic E-state index is -4.36. The average molecular weight is 395 g/mol. The Kier molecular flexibility index (Phi) is 5.83. The normalized spacial score (nSPS) is 20.0. The van der Waals surface area contributed by atoms with Gasteiger partial charge in [-0.2, -0.15) is 13.2 Å². The number of carbonyl (C=O) groups is 1. The molecule has 1 aliphatic rings. The van der Waals surface area contributed by atoms with Crippen molar-refractivity contribution in [2.24, 2.45) is 0 Å². The van der Waals surface area contributed by atoms with Crippen molar-refractivity contribution in [1.82, 2.24) is 9.97 Å². The molecule has 6 nitrogen and oxygen atoms in total. The highest BCUT2D eigenvalue weighted by atomic mass is 19.4. The van der Waals surface area contributed by atoms with Gasteiger partial charge >= 0.3 is 12.1 Å². The Morgan fingerprint density at radius 1 is 1.25 bits per heavy atom. The number of halogens is 3. The lowest BCUT2D eigenvalue weighted by Gasteiger charge is -2.31. The number of anilines is 1. The van der Waals surface area contributed by atoms with E-state index in [0.29, 0.717) is 23.5 Å². The molecule has 1 aliphatic heterocycles. The van der Waals surface area contributed by atoms with Gasteiger partial charge in [0.05, 0.1) is 17.8 Å². The minimum Gasteiger partial charge on any atom is -0.476 e. The number of carboxylic acid groups (broad SMARTS) is 1. The molecule has 3 rings (SSSR count). The Labute approximate surface area is 159 Å². The molecule has 1 aromatic carbocycles. The molecule has 9 heteroatoms.